The van der Waals surface area contributed by atoms with E-state index in [4.69, 9.17) is 0 Å². The van der Waals surface area contributed by atoms with E-state index in [9.17, 15) is 0 Å². The van der Waals surface area contributed by atoms with Gasteiger partial charge in [0, 0.05) is 17.3 Å². The molecule has 1 heteroatoms. The zero-order chi connectivity index (χ0) is 8.65. The number of hydrogen-bond donors (Lipinski definition) is 0. The first-order valence-electron chi connectivity index (χ1n) is 4.41. The Morgan fingerprint density at radius 2 is 2.00 bits per heavy atom. The summed E-state index contributed by atoms with van der Waals surface area (Å²) in [6.07, 6.45) is 3.52. The minimum absolute atomic E-state index is 0.345. The van der Waals surface area contributed by atoms with Crippen molar-refractivity contribution in [3.05, 3.63) is 11.8 Å². The molecule has 0 amide bonds. The van der Waals surface area contributed by atoms with E-state index in [-0.39, 0.29) is 0 Å². The highest BCUT2D eigenvalue weighted by Gasteiger charge is 2.32. The highest BCUT2D eigenvalue weighted by Crippen LogP contribution is 2.32. The molecule has 64 valence electrons. The molecule has 0 aromatic carbocycles. The van der Waals surface area contributed by atoms with Crippen molar-refractivity contribution in [1.29, 1.82) is 0 Å². The second-order valence-electron chi connectivity index (χ2n) is 4.33. The lowest BCUT2D eigenvalue weighted by atomic mass is 10.0. The third-order valence-electron chi connectivity index (χ3n) is 2.45. The lowest BCUT2D eigenvalue weighted by Gasteiger charge is -2.39. The highest BCUT2D eigenvalue weighted by atomic mass is 15.2. The van der Waals surface area contributed by atoms with Gasteiger partial charge in [-0.05, 0) is 41.0 Å². The molecule has 0 unspecified atom stereocenters. The van der Waals surface area contributed by atoms with Crippen LogP contribution < -0.4 is 0 Å². The first kappa shape index (κ1) is 8.63. The van der Waals surface area contributed by atoms with E-state index >= 15 is 0 Å². The quantitative estimate of drug-likeness (QED) is 0.560. The average Bonchev–Trinajstić information content (AvgIpc) is 2.06. The van der Waals surface area contributed by atoms with Gasteiger partial charge in [-0.25, -0.2) is 0 Å². The second-order valence-corrected chi connectivity index (χ2v) is 4.33. The standard InChI is InChI=1S/C10H19N/c1-8(2)11-9(3)6-7-10(11,4)5/h6,8H,7H2,1-5H3. The van der Waals surface area contributed by atoms with Crippen LogP contribution in [-0.4, -0.2) is 16.5 Å². The Labute approximate surface area is 70.1 Å². The molecule has 0 aromatic heterocycles. The predicted octanol–water partition coefficient (Wildman–Crippen LogP) is 2.78. The molecule has 0 N–H and O–H groups in total. The molecule has 1 aliphatic rings. The van der Waals surface area contributed by atoms with Crippen LogP contribution in [0.25, 0.3) is 0 Å². The maximum Gasteiger partial charge on any atom is 0.0380 e. The molecule has 0 aromatic rings. The molecule has 11 heavy (non-hydrogen) atoms. The van der Waals surface area contributed by atoms with Crippen LogP contribution in [0.1, 0.15) is 41.0 Å². The van der Waals surface area contributed by atoms with Crippen LogP contribution in [0.4, 0.5) is 0 Å². The number of hydrogen-bond acceptors (Lipinski definition) is 1. The van der Waals surface area contributed by atoms with Crippen molar-refractivity contribution in [3.8, 4) is 0 Å². The van der Waals surface area contributed by atoms with Gasteiger partial charge in [0.05, 0.1) is 0 Å². The lowest BCUT2D eigenvalue weighted by Crippen LogP contribution is -2.42. The topological polar surface area (TPSA) is 3.24 Å². The second kappa shape index (κ2) is 2.54. The van der Waals surface area contributed by atoms with E-state index in [2.05, 4.69) is 45.6 Å². The molecule has 1 heterocycles. The third-order valence-corrected chi connectivity index (χ3v) is 2.45. The summed E-state index contributed by atoms with van der Waals surface area (Å²) in [6.45, 7) is 11.3. The van der Waals surface area contributed by atoms with Crippen molar-refractivity contribution in [3.63, 3.8) is 0 Å². The highest BCUT2D eigenvalue weighted by molar-refractivity contribution is 5.13. The predicted molar refractivity (Wildman–Crippen MR) is 49.4 cm³/mol. The molecule has 0 saturated carbocycles. The molecule has 0 fully saturated rings. The molecule has 1 aliphatic heterocycles. The third kappa shape index (κ3) is 1.42. The summed E-state index contributed by atoms with van der Waals surface area (Å²) in [5.41, 5.74) is 1.78. The van der Waals surface area contributed by atoms with Gasteiger partial charge >= 0.3 is 0 Å². The molecule has 0 spiro atoms. The summed E-state index contributed by atoms with van der Waals surface area (Å²) in [5, 5.41) is 0. The van der Waals surface area contributed by atoms with E-state index in [0.717, 1.165) is 0 Å². The maximum absolute atomic E-state index is 2.49. The summed E-state index contributed by atoms with van der Waals surface area (Å²) in [7, 11) is 0. The van der Waals surface area contributed by atoms with Crippen molar-refractivity contribution in [2.45, 2.75) is 52.6 Å². The molecular weight excluding hydrogens is 134 g/mol. The van der Waals surface area contributed by atoms with E-state index in [1.54, 1.807) is 0 Å². The first-order valence-corrected chi connectivity index (χ1v) is 4.41. The molecular formula is C10H19N. The minimum atomic E-state index is 0.345. The lowest BCUT2D eigenvalue weighted by molar-refractivity contribution is 0.153. The number of rotatable bonds is 1. The molecule has 1 rings (SSSR count). The Morgan fingerprint density at radius 1 is 1.45 bits per heavy atom. The van der Waals surface area contributed by atoms with Crippen LogP contribution in [0.2, 0.25) is 0 Å². The van der Waals surface area contributed by atoms with Gasteiger partial charge in [-0.15, -0.1) is 0 Å². The monoisotopic (exact) mass is 153 g/mol. The van der Waals surface area contributed by atoms with Crippen LogP contribution >= 0.6 is 0 Å². The fourth-order valence-electron chi connectivity index (χ4n) is 2.18. The summed E-state index contributed by atoms with van der Waals surface area (Å²) in [5.74, 6) is 0. The molecule has 0 atom stereocenters. The Hall–Kier alpha value is -0.460. The smallest absolute Gasteiger partial charge is 0.0380 e. The number of nitrogens with zero attached hydrogens (tertiary/aromatic N) is 1. The molecule has 0 bridgehead atoms. The summed E-state index contributed by atoms with van der Waals surface area (Å²) < 4.78 is 0. The van der Waals surface area contributed by atoms with E-state index in [0.29, 0.717) is 11.6 Å². The van der Waals surface area contributed by atoms with Crippen LogP contribution in [0, 0.1) is 0 Å². The Kier molecular flexibility index (Phi) is 2.00. The van der Waals surface area contributed by atoms with Gasteiger partial charge < -0.3 is 4.90 Å². The van der Waals surface area contributed by atoms with Gasteiger partial charge in [-0.2, -0.15) is 0 Å². The van der Waals surface area contributed by atoms with Crippen LogP contribution in [0.15, 0.2) is 11.8 Å². The Bertz CT molecular complexity index is 177. The maximum atomic E-state index is 2.49. The summed E-state index contributed by atoms with van der Waals surface area (Å²) in [6, 6.07) is 0.628. The van der Waals surface area contributed by atoms with E-state index in [1.807, 2.05) is 0 Å². The Morgan fingerprint density at radius 3 is 2.18 bits per heavy atom. The van der Waals surface area contributed by atoms with Crippen LogP contribution in [-0.2, 0) is 0 Å². The first-order chi connectivity index (χ1) is 4.95. The fraction of sp³-hybridized carbons (Fsp3) is 0.800. The van der Waals surface area contributed by atoms with Gasteiger partial charge in [0.2, 0.25) is 0 Å². The molecule has 0 aliphatic carbocycles. The zero-order valence-electron chi connectivity index (χ0n) is 8.31. The fourth-order valence-corrected chi connectivity index (χ4v) is 2.18. The summed E-state index contributed by atoms with van der Waals surface area (Å²) in [4.78, 5) is 2.49. The SMILES string of the molecule is CC1=CCC(C)(C)N1C(C)C. The van der Waals surface area contributed by atoms with Gasteiger partial charge in [0.15, 0.2) is 0 Å². The largest absolute Gasteiger partial charge is 0.367 e. The van der Waals surface area contributed by atoms with Crippen LogP contribution in [0.3, 0.4) is 0 Å². The van der Waals surface area contributed by atoms with E-state index < -0.39 is 0 Å². The van der Waals surface area contributed by atoms with E-state index in [1.165, 1.54) is 12.1 Å². The Balaban J connectivity index is 2.81. The van der Waals surface area contributed by atoms with Gasteiger partial charge in [-0.1, -0.05) is 6.08 Å². The normalized spacial score (nSPS) is 22.7. The van der Waals surface area contributed by atoms with Crippen molar-refractivity contribution >= 4 is 0 Å². The van der Waals surface area contributed by atoms with Crippen molar-refractivity contribution in [2.75, 3.05) is 0 Å². The minimum Gasteiger partial charge on any atom is -0.367 e. The summed E-state index contributed by atoms with van der Waals surface area (Å²) >= 11 is 0. The van der Waals surface area contributed by atoms with Crippen molar-refractivity contribution < 1.29 is 0 Å². The van der Waals surface area contributed by atoms with Crippen molar-refractivity contribution in [2.24, 2.45) is 0 Å². The van der Waals surface area contributed by atoms with Gasteiger partial charge in [0.1, 0.15) is 0 Å². The van der Waals surface area contributed by atoms with Crippen molar-refractivity contribution in [1.82, 2.24) is 4.90 Å². The molecule has 0 radical (unpaired) electrons. The molecule has 1 nitrogen and oxygen atoms in total. The molecule has 0 saturated heterocycles. The van der Waals surface area contributed by atoms with Gasteiger partial charge in [-0.3, -0.25) is 0 Å². The van der Waals surface area contributed by atoms with Crippen LogP contribution in [0.5, 0.6) is 0 Å². The van der Waals surface area contributed by atoms with Gasteiger partial charge in [0.25, 0.3) is 0 Å². The average molecular weight is 153 g/mol. The zero-order valence-corrected chi connectivity index (χ0v) is 8.31. The number of allylic oxidation sites excluding steroid dienone is 1.